The van der Waals surface area contributed by atoms with E-state index in [2.05, 4.69) is 0 Å². The van der Waals surface area contributed by atoms with Gasteiger partial charge in [-0.3, -0.25) is 0 Å². The van der Waals surface area contributed by atoms with E-state index in [1.807, 2.05) is 18.2 Å². The number of carbonyl (C=O) groups is 1. The fourth-order valence-corrected chi connectivity index (χ4v) is 1.78. The summed E-state index contributed by atoms with van der Waals surface area (Å²) in [7, 11) is 0. The van der Waals surface area contributed by atoms with Gasteiger partial charge in [-0.1, -0.05) is 37.3 Å². The fourth-order valence-electron chi connectivity index (χ4n) is 1.78. The predicted molar refractivity (Wildman–Crippen MR) is 58.4 cm³/mol. The van der Waals surface area contributed by atoms with Crippen LogP contribution in [0.1, 0.15) is 18.4 Å². The molecule has 0 saturated carbocycles. The standard InChI is InChI=1S/C13H11FO/c1-9(8-15)11-6-2-4-10-5-3-7-12(14)13(10)11/h2-9H,1H3. The first kappa shape index (κ1) is 9.84. The molecule has 0 saturated heterocycles. The lowest BCUT2D eigenvalue weighted by Crippen LogP contribution is -1.96. The molecule has 0 bridgehead atoms. The van der Waals surface area contributed by atoms with E-state index >= 15 is 0 Å². The number of aldehydes is 1. The average Bonchev–Trinajstić information content (AvgIpc) is 2.28. The molecule has 1 atom stereocenters. The molecule has 2 rings (SSSR count). The summed E-state index contributed by atoms with van der Waals surface area (Å²) in [6, 6.07) is 10.4. The van der Waals surface area contributed by atoms with E-state index in [1.165, 1.54) is 6.07 Å². The van der Waals surface area contributed by atoms with Crippen molar-refractivity contribution in [1.82, 2.24) is 0 Å². The van der Waals surface area contributed by atoms with Gasteiger partial charge in [0, 0.05) is 11.3 Å². The smallest absolute Gasteiger partial charge is 0.131 e. The summed E-state index contributed by atoms with van der Waals surface area (Å²) < 4.78 is 13.6. The number of hydrogen-bond acceptors (Lipinski definition) is 1. The van der Waals surface area contributed by atoms with E-state index in [9.17, 15) is 9.18 Å². The minimum atomic E-state index is -0.273. The maximum absolute atomic E-state index is 13.6. The monoisotopic (exact) mass is 202 g/mol. The summed E-state index contributed by atoms with van der Waals surface area (Å²) in [6.07, 6.45) is 0.835. The van der Waals surface area contributed by atoms with Crippen molar-refractivity contribution >= 4 is 17.1 Å². The Morgan fingerprint density at radius 3 is 2.53 bits per heavy atom. The van der Waals surface area contributed by atoms with E-state index in [-0.39, 0.29) is 11.7 Å². The maximum Gasteiger partial charge on any atom is 0.131 e. The topological polar surface area (TPSA) is 17.1 Å². The second-order valence-electron chi connectivity index (χ2n) is 3.61. The Hall–Kier alpha value is -1.70. The zero-order chi connectivity index (χ0) is 10.8. The molecule has 76 valence electrons. The molecule has 0 radical (unpaired) electrons. The normalized spacial score (nSPS) is 12.7. The van der Waals surface area contributed by atoms with Crippen LogP contribution in [0.25, 0.3) is 10.8 Å². The second kappa shape index (κ2) is 3.81. The third kappa shape index (κ3) is 1.63. The zero-order valence-corrected chi connectivity index (χ0v) is 8.41. The van der Waals surface area contributed by atoms with Crippen LogP contribution in [0.2, 0.25) is 0 Å². The largest absolute Gasteiger partial charge is 0.303 e. The van der Waals surface area contributed by atoms with Crippen molar-refractivity contribution in [3.8, 4) is 0 Å². The van der Waals surface area contributed by atoms with Crippen LogP contribution in [0, 0.1) is 5.82 Å². The van der Waals surface area contributed by atoms with Gasteiger partial charge < -0.3 is 4.79 Å². The number of rotatable bonds is 2. The highest BCUT2D eigenvalue weighted by Gasteiger charge is 2.10. The van der Waals surface area contributed by atoms with Crippen LogP contribution >= 0.6 is 0 Å². The van der Waals surface area contributed by atoms with Crippen molar-refractivity contribution in [1.29, 1.82) is 0 Å². The van der Waals surface area contributed by atoms with Crippen LogP contribution < -0.4 is 0 Å². The van der Waals surface area contributed by atoms with Crippen molar-refractivity contribution in [2.24, 2.45) is 0 Å². The molecule has 0 aliphatic rings. The summed E-state index contributed by atoms with van der Waals surface area (Å²) in [5, 5.41) is 1.39. The Morgan fingerprint density at radius 1 is 1.20 bits per heavy atom. The van der Waals surface area contributed by atoms with Crippen LogP contribution in [-0.2, 0) is 4.79 Å². The lowest BCUT2D eigenvalue weighted by Gasteiger charge is -2.09. The molecule has 0 spiro atoms. The number of benzene rings is 2. The minimum Gasteiger partial charge on any atom is -0.303 e. The minimum absolute atomic E-state index is 0.267. The highest BCUT2D eigenvalue weighted by molar-refractivity contribution is 5.89. The molecule has 1 nitrogen and oxygen atoms in total. The van der Waals surface area contributed by atoms with E-state index in [4.69, 9.17) is 0 Å². The van der Waals surface area contributed by atoms with Gasteiger partial charge in [0.05, 0.1) is 0 Å². The third-order valence-corrected chi connectivity index (χ3v) is 2.58. The Bertz CT molecular complexity index is 500. The van der Waals surface area contributed by atoms with Gasteiger partial charge in [-0.05, 0) is 17.0 Å². The molecule has 2 aromatic rings. The number of fused-ring (bicyclic) bond motifs is 1. The van der Waals surface area contributed by atoms with Crippen molar-refractivity contribution in [2.75, 3.05) is 0 Å². The predicted octanol–water partition coefficient (Wildman–Crippen LogP) is 3.28. The highest BCUT2D eigenvalue weighted by atomic mass is 19.1. The highest BCUT2D eigenvalue weighted by Crippen LogP contribution is 2.26. The maximum atomic E-state index is 13.6. The van der Waals surface area contributed by atoms with Crippen LogP contribution in [0.4, 0.5) is 4.39 Å². The van der Waals surface area contributed by atoms with Crippen molar-refractivity contribution in [3.05, 3.63) is 47.8 Å². The van der Waals surface area contributed by atoms with E-state index in [0.717, 1.165) is 17.2 Å². The molecule has 15 heavy (non-hydrogen) atoms. The summed E-state index contributed by atoms with van der Waals surface area (Å²) in [4.78, 5) is 10.7. The molecule has 0 aromatic heterocycles. The SMILES string of the molecule is CC(C=O)c1cccc2cccc(F)c12. The Kier molecular flexibility index (Phi) is 2.50. The molecule has 0 aliphatic carbocycles. The van der Waals surface area contributed by atoms with Crippen LogP contribution in [0.15, 0.2) is 36.4 Å². The molecule has 0 aliphatic heterocycles. The molecule has 2 aromatic carbocycles. The molecular formula is C13H11FO. The molecular weight excluding hydrogens is 191 g/mol. The molecule has 0 amide bonds. The van der Waals surface area contributed by atoms with Gasteiger partial charge in [0.2, 0.25) is 0 Å². The molecule has 1 unspecified atom stereocenters. The van der Waals surface area contributed by atoms with Gasteiger partial charge in [0.25, 0.3) is 0 Å². The van der Waals surface area contributed by atoms with Crippen LogP contribution in [-0.4, -0.2) is 6.29 Å². The lowest BCUT2D eigenvalue weighted by molar-refractivity contribution is -0.108. The summed E-state index contributed by atoms with van der Waals surface area (Å²) >= 11 is 0. The number of hydrogen-bond donors (Lipinski definition) is 0. The van der Waals surface area contributed by atoms with Crippen LogP contribution in [0.3, 0.4) is 0 Å². The molecule has 0 fully saturated rings. The van der Waals surface area contributed by atoms with Crippen molar-refractivity contribution in [2.45, 2.75) is 12.8 Å². The van der Waals surface area contributed by atoms with Gasteiger partial charge in [-0.25, -0.2) is 4.39 Å². The molecule has 2 heteroatoms. The van der Waals surface area contributed by atoms with Gasteiger partial charge in [0.15, 0.2) is 0 Å². The third-order valence-electron chi connectivity index (χ3n) is 2.58. The quantitative estimate of drug-likeness (QED) is 0.683. The van der Waals surface area contributed by atoms with Gasteiger partial charge >= 0.3 is 0 Å². The summed E-state index contributed by atoms with van der Waals surface area (Å²) in [6.45, 7) is 1.77. The Labute approximate surface area is 87.5 Å². The van der Waals surface area contributed by atoms with E-state index in [1.54, 1.807) is 19.1 Å². The first-order valence-corrected chi connectivity index (χ1v) is 4.86. The Balaban J connectivity index is 2.79. The van der Waals surface area contributed by atoms with Gasteiger partial charge in [0.1, 0.15) is 12.1 Å². The first-order chi connectivity index (χ1) is 7.24. The summed E-state index contributed by atoms with van der Waals surface area (Å²) in [5.74, 6) is -0.539. The van der Waals surface area contributed by atoms with Crippen LogP contribution in [0.5, 0.6) is 0 Å². The van der Waals surface area contributed by atoms with Crippen molar-refractivity contribution < 1.29 is 9.18 Å². The van der Waals surface area contributed by atoms with Gasteiger partial charge in [-0.15, -0.1) is 0 Å². The number of halogens is 1. The number of carbonyl (C=O) groups excluding carboxylic acids is 1. The Morgan fingerprint density at radius 2 is 1.87 bits per heavy atom. The average molecular weight is 202 g/mol. The van der Waals surface area contributed by atoms with Gasteiger partial charge in [-0.2, -0.15) is 0 Å². The second-order valence-corrected chi connectivity index (χ2v) is 3.61. The van der Waals surface area contributed by atoms with Crippen molar-refractivity contribution in [3.63, 3.8) is 0 Å². The van der Waals surface area contributed by atoms with E-state index in [0.29, 0.717) is 5.39 Å². The first-order valence-electron chi connectivity index (χ1n) is 4.86. The zero-order valence-electron chi connectivity index (χ0n) is 8.41. The lowest BCUT2D eigenvalue weighted by atomic mass is 9.95. The molecule has 0 heterocycles. The van der Waals surface area contributed by atoms with E-state index < -0.39 is 0 Å². The fraction of sp³-hybridized carbons (Fsp3) is 0.154. The molecule has 0 N–H and O–H groups in total. The summed E-state index contributed by atoms with van der Waals surface area (Å²) in [5.41, 5.74) is 0.751.